The average molecular weight is 317 g/mol. The molecule has 0 unspecified atom stereocenters. The standard InChI is InChI=1S/C14H9BrN2S/c15-11-5-3-10(4-6-11)14-16-8-7-12(17-14)13-2-1-9-18-13/h1-9H. The third kappa shape index (κ3) is 2.35. The molecule has 2 aromatic heterocycles. The summed E-state index contributed by atoms with van der Waals surface area (Å²) >= 11 is 5.11. The molecule has 2 nitrogen and oxygen atoms in total. The Balaban J connectivity index is 2.03. The van der Waals surface area contributed by atoms with Crippen LogP contribution in [0.25, 0.3) is 22.0 Å². The lowest BCUT2D eigenvalue weighted by Crippen LogP contribution is -1.90. The zero-order valence-corrected chi connectivity index (χ0v) is 11.8. The van der Waals surface area contributed by atoms with Crippen molar-refractivity contribution >= 4 is 27.3 Å². The van der Waals surface area contributed by atoms with Crippen LogP contribution in [0.3, 0.4) is 0 Å². The fourth-order valence-corrected chi connectivity index (χ4v) is 2.62. The molecule has 0 aliphatic rings. The molecule has 88 valence electrons. The maximum absolute atomic E-state index is 4.60. The molecular formula is C14H9BrN2S. The van der Waals surface area contributed by atoms with Gasteiger partial charge in [-0.2, -0.15) is 0 Å². The van der Waals surface area contributed by atoms with Crippen molar-refractivity contribution in [2.75, 3.05) is 0 Å². The summed E-state index contributed by atoms with van der Waals surface area (Å²) in [5, 5.41) is 2.05. The van der Waals surface area contributed by atoms with E-state index in [9.17, 15) is 0 Å². The third-order valence-corrected chi connectivity index (χ3v) is 3.95. The normalized spacial score (nSPS) is 10.5. The third-order valence-electron chi connectivity index (χ3n) is 2.53. The van der Waals surface area contributed by atoms with Crippen LogP contribution in [0.2, 0.25) is 0 Å². The van der Waals surface area contributed by atoms with E-state index in [1.807, 2.05) is 36.4 Å². The van der Waals surface area contributed by atoms with Gasteiger partial charge in [-0.05, 0) is 29.6 Å². The molecule has 0 N–H and O–H groups in total. The van der Waals surface area contributed by atoms with E-state index in [1.54, 1.807) is 17.5 Å². The number of hydrogen-bond donors (Lipinski definition) is 0. The predicted octanol–water partition coefficient (Wildman–Crippen LogP) is 4.63. The van der Waals surface area contributed by atoms with Gasteiger partial charge >= 0.3 is 0 Å². The Morgan fingerprint density at radius 3 is 2.56 bits per heavy atom. The first-order chi connectivity index (χ1) is 8.83. The Labute approximate surface area is 117 Å². The molecule has 0 amide bonds. The van der Waals surface area contributed by atoms with Gasteiger partial charge in [-0.3, -0.25) is 0 Å². The number of halogens is 1. The maximum atomic E-state index is 4.60. The Kier molecular flexibility index (Phi) is 3.21. The van der Waals surface area contributed by atoms with Crippen molar-refractivity contribution in [3.63, 3.8) is 0 Å². The van der Waals surface area contributed by atoms with Crippen molar-refractivity contribution in [1.82, 2.24) is 9.97 Å². The molecule has 0 spiro atoms. The largest absolute Gasteiger partial charge is 0.237 e. The molecule has 0 radical (unpaired) electrons. The summed E-state index contributed by atoms with van der Waals surface area (Å²) in [5.41, 5.74) is 1.99. The Morgan fingerprint density at radius 2 is 1.83 bits per heavy atom. The van der Waals surface area contributed by atoms with Crippen LogP contribution in [-0.4, -0.2) is 9.97 Å². The minimum absolute atomic E-state index is 0.758. The fourth-order valence-electron chi connectivity index (χ4n) is 1.66. The second-order valence-electron chi connectivity index (χ2n) is 3.75. The highest BCUT2D eigenvalue weighted by Crippen LogP contribution is 2.25. The van der Waals surface area contributed by atoms with E-state index in [0.29, 0.717) is 0 Å². The first-order valence-corrected chi connectivity index (χ1v) is 7.13. The molecule has 18 heavy (non-hydrogen) atoms. The minimum Gasteiger partial charge on any atom is -0.237 e. The molecule has 0 atom stereocenters. The first-order valence-electron chi connectivity index (χ1n) is 5.46. The molecule has 3 aromatic rings. The molecule has 2 heterocycles. The molecule has 0 aliphatic heterocycles. The van der Waals surface area contributed by atoms with E-state index in [0.717, 1.165) is 26.4 Å². The van der Waals surface area contributed by atoms with Crippen molar-refractivity contribution in [3.05, 3.63) is 58.5 Å². The molecule has 1 aromatic carbocycles. The second kappa shape index (κ2) is 5.00. The SMILES string of the molecule is Brc1ccc(-c2nccc(-c3cccs3)n2)cc1. The van der Waals surface area contributed by atoms with Gasteiger partial charge < -0.3 is 0 Å². The molecular weight excluding hydrogens is 308 g/mol. The van der Waals surface area contributed by atoms with Crippen LogP contribution in [-0.2, 0) is 0 Å². The quantitative estimate of drug-likeness (QED) is 0.688. The van der Waals surface area contributed by atoms with Crippen molar-refractivity contribution < 1.29 is 0 Å². The molecule has 3 rings (SSSR count). The zero-order valence-electron chi connectivity index (χ0n) is 9.38. The van der Waals surface area contributed by atoms with E-state index in [-0.39, 0.29) is 0 Å². The Hall–Kier alpha value is -1.52. The van der Waals surface area contributed by atoms with Gasteiger partial charge in [0.15, 0.2) is 5.82 Å². The summed E-state index contributed by atoms with van der Waals surface area (Å²) < 4.78 is 1.06. The molecule has 0 bridgehead atoms. The average Bonchev–Trinajstić information content (AvgIpc) is 2.94. The lowest BCUT2D eigenvalue weighted by atomic mass is 10.2. The van der Waals surface area contributed by atoms with Gasteiger partial charge in [-0.15, -0.1) is 11.3 Å². The maximum Gasteiger partial charge on any atom is 0.159 e. The lowest BCUT2D eigenvalue weighted by Gasteiger charge is -2.02. The van der Waals surface area contributed by atoms with Crippen molar-refractivity contribution in [3.8, 4) is 22.0 Å². The van der Waals surface area contributed by atoms with Crippen LogP contribution in [0.4, 0.5) is 0 Å². The number of thiophene rings is 1. The fraction of sp³-hybridized carbons (Fsp3) is 0. The van der Waals surface area contributed by atoms with Gasteiger partial charge in [-0.1, -0.05) is 34.1 Å². The molecule has 0 fully saturated rings. The van der Waals surface area contributed by atoms with Crippen LogP contribution >= 0.6 is 27.3 Å². The summed E-state index contributed by atoms with van der Waals surface area (Å²) in [6, 6.07) is 14.1. The van der Waals surface area contributed by atoms with Gasteiger partial charge in [0.05, 0.1) is 10.6 Å². The zero-order chi connectivity index (χ0) is 12.4. The number of benzene rings is 1. The van der Waals surface area contributed by atoms with Crippen LogP contribution < -0.4 is 0 Å². The number of rotatable bonds is 2. The van der Waals surface area contributed by atoms with Crippen LogP contribution in [0.5, 0.6) is 0 Å². The van der Waals surface area contributed by atoms with Crippen molar-refractivity contribution in [1.29, 1.82) is 0 Å². The monoisotopic (exact) mass is 316 g/mol. The topological polar surface area (TPSA) is 25.8 Å². The van der Waals surface area contributed by atoms with Gasteiger partial charge in [0.1, 0.15) is 0 Å². The Bertz CT molecular complexity index is 648. The second-order valence-corrected chi connectivity index (χ2v) is 5.61. The smallest absolute Gasteiger partial charge is 0.159 e. The summed E-state index contributed by atoms with van der Waals surface area (Å²) in [7, 11) is 0. The van der Waals surface area contributed by atoms with E-state index < -0.39 is 0 Å². The number of nitrogens with zero attached hydrogens (tertiary/aromatic N) is 2. The molecule has 0 saturated carbocycles. The van der Waals surface area contributed by atoms with E-state index in [4.69, 9.17) is 0 Å². The molecule has 4 heteroatoms. The van der Waals surface area contributed by atoms with Crippen LogP contribution in [0, 0.1) is 0 Å². The minimum atomic E-state index is 0.758. The van der Waals surface area contributed by atoms with Crippen molar-refractivity contribution in [2.24, 2.45) is 0 Å². The van der Waals surface area contributed by atoms with Crippen LogP contribution in [0.1, 0.15) is 0 Å². The highest BCUT2D eigenvalue weighted by molar-refractivity contribution is 9.10. The summed E-state index contributed by atoms with van der Waals surface area (Å²) in [5.74, 6) is 0.758. The van der Waals surface area contributed by atoms with Crippen molar-refractivity contribution in [2.45, 2.75) is 0 Å². The number of hydrogen-bond acceptors (Lipinski definition) is 3. The van der Waals surface area contributed by atoms with Gasteiger partial charge in [-0.25, -0.2) is 9.97 Å². The highest BCUT2D eigenvalue weighted by Gasteiger charge is 2.05. The summed E-state index contributed by atoms with van der Waals surface area (Å²) in [6.45, 7) is 0. The van der Waals surface area contributed by atoms with E-state index in [2.05, 4.69) is 37.3 Å². The summed E-state index contributed by atoms with van der Waals surface area (Å²) in [6.07, 6.45) is 1.80. The van der Waals surface area contributed by atoms with Gasteiger partial charge in [0, 0.05) is 16.2 Å². The number of aromatic nitrogens is 2. The Morgan fingerprint density at radius 1 is 1.00 bits per heavy atom. The van der Waals surface area contributed by atoms with E-state index >= 15 is 0 Å². The molecule has 0 saturated heterocycles. The first kappa shape index (κ1) is 11.6. The predicted molar refractivity (Wildman–Crippen MR) is 78.5 cm³/mol. The van der Waals surface area contributed by atoms with E-state index in [1.165, 1.54) is 0 Å². The molecule has 0 aliphatic carbocycles. The highest BCUT2D eigenvalue weighted by atomic mass is 79.9. The van der Waals surface area contributed by atoms with Gasteiger partial charge in [0.2, 0.25) is 0 Å². The van der Waals surface area contributed by atoms with Crippen LogP contribution in [0.15, 0.2) is 58.5 Å². The summed E-state index contributed by atoms with van der Waals surface area (Å²) in [4.78, 5) is 10.1. The van der Waals surface area contributed by atoms with Gasteiger partial charge in [0.25, 0.3) is 0 Å². The lowest BCUT2D eigenvalue weighted by molar-refractivity contribution is 1.18.